The van der Waals surface area contributed by atoms with Crippen molar-refractivity contribution in [3.63, 3.8) is 0 Å². The smallest absolute Gasteiger partial charge is 0.328 e. The van der Waals surface area contributed by atoms with Crippen molar-refractivity contribution in [2.24, 2.45) is 0 Å². The molecule has 0 aliphatic heterocycles. The van der Waals surface area contributed by atoms with Crippen LogP contribution in [0.4, 0.5) is 0 Å². The van der Waals surface area contributed by atoms with E-state index in [4.69, 9.17) is 9.47 Å². The Morgan fingerprint density at radius 3 is 2.33 bits per heavy atom. The Morgan fingerprint density at radius 2 is 1.70 bits per heavy atom. The number of carbonyl (C=O) groups excluding carboxylic acids is 3. The van der Waals surface area contributed by atoms with Gasteiger partial charge in [0, 0.05) is 0 Å². The number of carbonyl (C=O) groups is 3. The van der Waals surface area contributed by atoms with Crippen LogP contribution in [0.25, 0.3) is 10.8 Å². The summed E-state index contributed by atoms with van der Waals surface area (Å²) < 4.78 is 9.90. The molecule has 0 saturated carbocycles. The topological polar surface area (TPSA) is 81.7 Å². The molecule has 0 radical (unpaired) electrons. The van der Waals surface area contributed by atoms with Crippen LogP contribution < -0.4 is 5.32 Å². The molecule has 0 aliphatic carbocycles. The Kier molecular flexibility index (Phi) is 6.55. The number of hydrogen-bond acceptors (Lipinski definition) is 5. The molecule has 27 heavy (non-hydrogen) atoms. The molecule has 0 fully saturated rings. The van der Waals surface area contributed by atoms with Crippen molar-refractivity contribution in [2.75, 3.05) is 7.11 Å². The van der Waals surface area contributed by atoms with Crippen molar-refractivity contribution in [1.82, 2.24) is 5.32 Å². The standard InChI is InChI=1S/C21H25NO5/c1-21(2,3)27-19(24)13-17(20(25)26-4)22-18(23)12-14-9-10-15-7-5-6-8-16(15)11-14/h5-11,17H,12-13H2,1-4H3,(H,22,23)/t17-/m1/s1. The Labute approximate surface area is 158 Å². The van der Waals surface area contributed by atoms with Crippen LogP contribution in [0.2, 0.25) is 0 Å². The first-order valence-electron chi connectivity index (χ1n) is 8.74. The maximum Gasteiger partial charge on any atom is 0.328 e. The van der Waals surface area contributed by atoms with Crippen LogP contribution in [0.3, 0.4) is 0 Å². The number of methoxy groups -OCH3 is 1. The lowest BCUT2D eigenvalue weighted by atomic mass is 10.0. The van der Waals surface area contributed by atoms with Gasteiger partial charge in [0.05, 0.1) is 20.0 Å². The molecule has 0 unspecified atom stereocenters. The fourth-order valence-electron chi connectivity index (χ4n) is 2.66. The summed E-state index contributed by atoms with van der Waals surface area (Å²) in [4.78, 5) is 36.3. The van der Waals surface area contributed by atoms with Crippen molar-refractivity contribution in [2.45, 2.75) is 45.3 Å². The molecule has 0 saturated heterocycles. The quantitative estimate of drug-likeness (QED) is 0.790. The van der Waals surface area contributed by atoms with E-state index in [0.717, 1.165) is 16.3 Å². The van der Waals surface area contributed by atoms with Gasteiger partial charge in [0.1, 0.15) is 11.6 Å². The van der Waals surface area contributed by atoms with Gasteiger partial charge >= 0.3 is 11.9 Å². The zero-order valence-electron chi connectivity index (χ0n) is 16.1. The highest BCUT2D eigenvalue weighted by Gasteiger charge is 2.27. The summed E-state index contributed by atoms with van der Waals surface area (Å²) in [6, 6.07) is 12.5. The number of rotatable bonds is 6. The normalized spacial score (nSPS) is 12.3. The number of fused-ring (bicyclic) bond motifs is 1. The molecular weight excluding hydrogens is 346 g/mol. The fourth-order valence-corrected chi connectivity index (χ4v) is 2.66. The van der Waals surface area contributed by atoms with Gasteiger partial charge in [-0.2, -0.15) is 0 Å². The molecule has 1 N–H and O–H groups in total. The summed E-state index contributed by atoms with van der Waals surface area (Å²) in [6.45, 7) is 5.20. The number of ether oxygens (including phenoxy) is 2. The molecule has 2 aromatic rings. The van der Waals surface area contributed by atoms with Gasteiger partial charge in [0.2, 0.25) is 5.91 Å². The van der Waals surface area contributed by atoms with Crippen LogP contribution >= 0.6 is 0 Å². The lowest BCUT2D eigenvalue weighted by molar-refractivity contribution is -0.159. The average molecular weight is 371 g/mol. The first-order chi connectivity index (χ1) is 12.7. The zero-order chi connectivity index (χ0) is 20.0. The molecule has 2 rings (SSSR count). The van der Waals surface area contributed by atoms with E-state index in [1.807, 2.05) is 42.5 Å². The van der Waals surface area contributed by atoms with Crippen LogP contribution in [-0.2, 0) is 30.3 Å². The highest BCUT2D eigenvalue weighted by Crippen LogP contribution is 2.16. The van der Waals surface area contributed by atoms with Gasteiger partial charge in [-0.25, -0.2) is 4.79 Å². The Hall–Kier alpha value is -2.89. The summed E-state index contributed by atoms with van der Waals surface area (Å²) in [5.41, 5.74) is 0.138. The van der Waals surface area contributed by atoms with Crippen molar-refractivity contribution >= 4 is 28.6 Å². The molecule has 2 aromatic carbocycles. The molecule has 1 amide bonds. The molecule has 0 aliphatic rings. The summed E-state index contributed by atoms with van der Waals surface area (Å²) >= 11 is 0. The van der Waals surface area contributed by atoms with E-state index >= 15 is 0 Å². The summed E-state index contributed by atoms with van der Waals surface area (Å²) in [6.07, 6.45) is -0.194. The van der Waals surface area contributed by atoms with Gasteiger partial charge in [-0.15, -0.1) is 0 Å². The summed E-state index contributed by atoms with van der Waals surface area (Å²) in [5, 5.41) is 4.68. The number of nitrogens with one attached hydrogen (secondary N) is 1. The van der Waals surface area contributed by atoms with Crippen molar-refractivity contribution in [3.05, 3.63) is 48.0 Å². The molecule has 0 heterocycles. The third kappa shape index (κ3) is 6.40. The highest BCUT2D eigenvalue weighted by molar-refractivity contribution is 5.90. The minimum atomic E-state index is -1.09. The maximum atomic E-state index is 12.4. The van der Waals surface area contributed by atoms with E-state index in [-0.39, 0.29) is 18.7 Å². The predicted octanol–water partition coefficient (Wildman–Crippen LogP) is 2.77. The highest BCUT2D eigenvalue weighted by atomic mass is 16.6. The van der Waals surface area contributed by atoms with Crippen molar-refractivity contribution in [3.8, 4) is 0 Å². The van der Waals surface area contributed by atoms with Gasteiger partial charge < -0.3 is 14.8 Å². The Balaban J connectivity index is 2.03. The van der Waals surface area contributed by atoms with Crippen LogP contribution in [0.1, 0.15) is 32.8 Å². The van der Waals surface area contributed by atoms with Gasteiger partial charge in [0.25, 0.3) is 0 Å². The van der Waals surface area contributed by atoms with Crippen molar-refractivity contribution in [1.29, 1.82) is 0 Å². The van der Waals surface area contributed by atoms with Gasteiger partial charge in [-0.05, 0) is 37.1 Å². The van der Waals surface area contributed by atoms with E-state index in [0.29, 0.717) is 0 Å². The minimum absolute atomic E-state index is 0.0899. The minimum Gasteiger partial charge on any atom is -0.467 e. The van der Waals surface area contributed by atoms with Gasteiger partial charge in [-0.1, -0.05) is 42.5 Å². The number of benzene rings is 2. The van der Waals surface area contributed by atoms with Crippen LogP contribution in [-0.4, -0.2) is 36.6 Å². The lowest BCUT2D eigenvalue weighted by Crippen LogP contribution is -2.44. The largest absolute Gasteiger partial charge is 0.467 e. The third-order valence-electron chi connectivity index (χ3n) is 3.79. The molecule has 0 spiro atoms. The van der Waals surface area contributed by atoms with E-state index < -0.39 is 23.6 Å². The Bertz CT molecular complexity index is 838. The van der Waals surface area contributed by atoms with E-state index in [1.54, 1.807) is 20.8 Å². The summed E-state index contributed by atoms with van der Waals surface area (Å²) in [5.74, 6) is -1.64. The van der Waals surface area contributed by atoms with E-state index in [2.05, 4.69) is 5.32 Å². The van der Waals surface area contributed by atoms with E-state index in [1.165, 1.54) is 7.11 Å². The Morgan fingerprint density at radius 1 is 1.04 bits per heavy atom. The number of esters is 2. The molecule has 6 heteroatoms. The zero-order valence-corrected chi connectivity index (χ0v) is 16.1. The second kappa shape index (κ2) is 8.66. The van der Waals surface area contributed by atoms with Gasteiger partial charge in [0.15, 0.2) is 0 Å². The predicted molar refractivity (Wildman–Crippen MR) is 102 cm³/mol. The number of amides is 1. The molecular formula is C21H25NO5. The SMILES string of the molecule is COC(=O)[C@@H](CC(=O)OC(C)(C)C)NC(=O)Cc1ccc2ccccc2c1. The van der Waals surface area contributed by atoms with Crippen molar-refractivity contribution < 1.29 is 23.9 Å². The van der Waals surface area contributed by atoms with Crippen LogP contribution in [0, 0.1) is 0 Å². The lowest BCUT2D eigenvalue weighted by Gasteiger charge is -2.22. The van der Waals surface area contributed by atoms with E-state index in [9.17, 15) is 14.4 Å². The number of hydrogen-bond donors (Lipinski definition) is 1. The molecule has 144 valence electrons. The fraction of sp³-hybridized carbons (Fsp3) is 0.381. The first-order valence-corrected chi connectivity index (χ1v) is 8.74. The second-order valence-electron chi connectivity index (χ2n) is 7.29. The average Bonchev–Trinajstić information content (AvgIpc) is 2.58. The summed E-state index contributed by atoms with van der Waals surface area (Å²) in [7, 11) is 1.21. The van der Waals surface area contributed by atoms with Crippen LogP contribution in [0.5, 0.6) is 0 Å². The van der Waals surface area contributed by atoms with Crippen LogP contribution in [0.15, 0.2) is 42.5 Å². The molecule has 0 bridgehead atoms. The molecule has 6 nitrogen and oxygen atoms in total. The molecule has 1 atom stereocenters. The third-order valence-corrected chi connectivity index (χ3v) is 3.79. The van der Waals surface area contributed by atoms with Gasteiger partial charge in [-0.3, -0.25) is 9.59 Å². The second-order valence-corrected chi connectivity index (χ2v) is 7.29. The monoisotopic (exact) mass is 371 g/mol. The maximum absolute atomic E-state index is 12.4. The first kappa shape index (κ1) is 20.4. The molecule has 0 aromatic heterocycles.